The Kier molecular flexibility index (Phi) is 9.82. The minimum atomic E-state index is -0.898. The minimum Gasteiger partial charge on any atom is -0.481 e. The Labute approximate surface area is 113 Å². The van der Waals surface area contributed by atoms with Crippen molar-refractivity contribution in [3.8, 4) is 0 Å². The highest BCUT2D eigenvalue weighted by Crippen LogP contribution is 2.01. The fourth-order valence-electron chi connectivity index (χ4n) is 1.30. The summed E-state index contributed by atoms with van der Waals surface area (Å²) in [4.78, 5) is 21.8. The number of carboxylic acids is 1. The van der Waals surface area contributed by atoms with E-state index in [4.69, 9.17) is 14.6 Å². The lowest BCUT2D eigenvalue weighted by Gasteiger charge is -2.21. The van der Waals surface area contributed by atoms with Crippen molar-refractivity contribution in [3.63, 3.8) is 0 Å². The first-order chi connectivity index (χ1) is 8.97. The van der Waals surface area contributed by atoms with Crippen LogP contribution >= 0.6 is 0 Å². The number of methoxy groups -OCH3 is 1. The number of carboxylic acid groups (broad SMARTS) is 1. The first-order valence-corrected chi connectivity index (χ1v) is 6.30. The zero-order valence-electron chi connectivity index (χ0n) is 11.8. The predicted octanol–water partition coefficient (Wildman–Crippen LogP) is 0.448. The highest BCUT2D eigenvalue weighted by atomic mass is 16.5. The quantitative estimate of drug-likeness (QED) is 0.503. The van der Waals surface area contributed by atoms with Gasteiger partial charge in [-0.2, -0.15) is 0 Å². The van der Waals surface area contributed by atoms with Crippen LogP contribution in [0.3, 0.4) is 0 Å². The topological polar surface area (TPSA) is 96.9 Å². The van der Waals surface area contributed by atoms with Gasteiger partial charge in [0.05, 0.1) is 32.3 Å². The molecule has 7 nitrogen and oxygen atoms in total. The summed E-state index contributed by atoms with van der Waals surface area (Å²) >= 11 is 0. The molecule has 0 saturated carbocycles. The fraction of sp³-hybridized carbons (Fsp3) is 0.833. The van der Waals surface area contributed by atoms with E-state index in [9.17, 15) is 9.59 Å². The maximum atomic E-state index is 11.5. The Morgan fingerprint density at radius 3 is 2.47 bits per heavy atom. The lowest BCUT2D eigenvalue weighted by Crippen LogP contribution is -2.47. The monoisotopic (exact) mass is 276 g/mol. The molecule has 0 aromatic rings. The molecule has 0 rings (SSSR count). The Balaban J connectivity index is 3.65. The van der Waals surface area contributed by atoms with Crippen LogP contribution in [0.15, 0.2) is 0 Å². The zero-order chi connectivity index (χ0) is 14.7. The molecule has 0 saturated heterocycles. The molecule has 0 bridgehead atoms. The molecule has 19 heavy (non-hydrogen) atoms. The van der Waals surface area contributed by atoms with Gasteiger partial charge in [-0.3, -0.25) is 4.79 Å². The van der Waals surface area contributed by atoms with Crippen LogP contribution in [0.25, 0.3) is 0 Å². The van der Waals surface area contributed by atoms with Gasteiger partial charge in [-0.15, -0.1) is 0 Å². The Hall–Kier alpha value is -1.34. The molecule has 0 aromatic carbocycles. The summed E-state index contributed by atoms with van der Waals surface area (Å²) in [5.41, 5.74) is 0. The lowest BCUT2D eigenvalue weighted by molar-refractivity contribution is -0.138. The second kappa shape index (κ2) is 10.6. The molecular formula is C12H24N2O5. The van der Waals surface area contributed by atoms with Crippen LogP contribution in [-0.2, 0) is 14.3 Å². The van der Waals surface area contributed by atoms with Gasteiger partial charge in [-0.05, 0) is 5.92 Å². The minimum absolute atomic E-state index is 0.0323. The summed E-state index contributed by atoms with van der Waals surface area (Å²) in [6.07, 6.45) is -0.0323. The number of aliphatic carboxylic acids is 1. The van der Waals surface area contributed by atoms with Crippen molar-refractivity contribution < 1.29 is 24.2 Å². The van der Waals surface area contributed by atoms with E-state index >= 15 is 0 Å². The van der Waals surface area contributed by atoms with E-state index in [-0.39, 0.29) is 37.6 Å². The number of carbonyl (C=O) groups excluding carboxylic acids is 1. The highest BCUT2D eigenvalue weighted by Gasteiger charge is 2.15. The van der Waals surface area contributed by atoms with Crippen LogP contribution in [0, 0.1) is 5.92 Å². The Bertz CT molecular complexity index is 271. The molecule has 0 fully saturated rings. The lowest BCUT2D eigenvalue weighted by atomic mass is 10.1. The average molecular weight is 276 g/mol. The van der Waals surface area contributed by atoms with Crippen molar-refractivity contribution in [2.45, 2.75) is 26.3 Å². The number of nitrogens with one attached hydrogen (secondary N) is 2. The number of hydrogen-bond acceptors (Lipinski definition) is 4. The van der Waals surface area contributed by atoms with Crippen molar-refractivity contribution >= 4 is 12.0 Å². The molecule has 112 valence electrons. The molecule has 2 amide bonds. The molecule has 0 heterocycles. The molecule has 0 radical (unpaired) electrons. The largest absolute Gasteiger partial charge is 0.481 e. The van der Waals surface area contributed by atoms with Gasteiger partial charge >= 0.3 is 12.0 Å². The van der Waals surface area contributed by atoms with Gasteiger partial charge in [0.2, 0.25) is 0 Å². The number of rotatable bonds is 10. The normalized spacial score (nSPS) is 12.2. The van der Waals surface area contributed by atoms with Gasteiger partial charge in [-0.25, -0.2) is 4.79 Å². The van der Waals surface area contributed by atoms with Gasteiger partial charge in [0.25, 0.3) is 0 Å². The van der Waals surface area contributed by atoms with Crippen molar-refractivity contribution in [1.29, 1.82) is 0 Å². The van der Waals surface area contributed by atoms with Gasteiger partial charge in [0.15, 0.2) is 0 Å². The van der Waals surface area contributed by atoms with Crippen LogP contribution in [0.4, 0.5) is 4.79 Å². The number of ether oxygens (including phenoxy) is 2. The third-order valence-electron chi connectivity index (χ3n) is 2.46. The average Bonchev–Trinajstić information content (AvgIpc) is 2.32. The Morgan fingerprint density at radius 2 is 1.95 bits per heavy atom. The smallest absolute Gasteiger partial charge is 0.315 e. The van der Waals surface area contributed by atoms with Crippen LogP contribution in [0.5, 0.6) is 0 Å². The SMILES string of the molecule is COCC(NC(=O)NCCOCCC(=O)O)C(C)C. The Morgan fingerprint density at radius 1 is 1.26 bits per heavy atom. The number of urea groups is 1. The molecule has 0 aliphatic carbocycles. The van der Waals surface area contributed by atoms with Crippen molar-refractivity contribution in [1.82, 2.24) is 10.6 Å². The standard InChI is InChI=1S/C12H24N2O5/c1-9(2)10(8-18-3)14-12(17)13-5-7-19-6-4-11(15)16/h9-10H,4-8H2,1-3H3,(H,15,16)(H2,13,14,17). The first kappa shape index (κ1) is 17.7. The van der Waals surface area contributed by atoms with Gasteiger partial charge in [-0.1, -0.05) is 13.8 Å². The number of hydrogen-bond donors (Lipinski definition) is 3. The van der Waals surface area contributed by atoms with E-state index in [0.29, 0.717) is 13.2 Å². The fourth-order valence-corrected chi connectivity index (χ4v) is 1.30. The summed E-state index contributed by atoms with van der Waals surface area (Å²) in [5.74, 6) is -0.623. The van der Waals surface area contributed by atoms with E-state index in [1.807, 2.05) is 13.8 Å². The van der Waals surface area contributed by atoms with Crippen LogP contribution in [0.1, 0.15) is 20.3 Å². The van der Waals surface area contributed by atoms with Gasteiger partial charge < -0.3 is 25.2 Å². The highest BCUT2D eigenvalue weighted by molar-refractivity contribution is 5.74. The molecule has 7 heteroatoms. The molecule has 0 spiro atoms. The van der Waals surface area contributed by atoms with Gasteiger partial charge in [0, 0.05) is 13.7 Å². The van der Waals surface area contributed by atoms with E-state index < -0.39 is 5.97 Å². The second-order valence-corrected chi connectivity index (χ2v) is 4.46. The summed E-state index contributed by atoms with van der Waals surface area (Å²) in [5, 5.41) is 13.8. The molecule has 0 aliphatic heterocycles. The molecule has 1 unspecified atom stereocenters. The summed E-state index contributed by atoms with van der Waals surface area (Å²) in [6.45, 7) is 5.23. The molecule has 1 atom stereocenters. The maximum Gasteiger partial charge on any atom is 0.315 e. The number of carbonyl (C=O) groups is 2. The van der Waals surface area contributed by atoms with E-state index in [0.717, 1.165) is 0 Å². The molecule has 3 N–H and O–H groups in total. The number of amides is 2. The maximum absolute atomic E-state index is 11.5. The van der Waals surface area contributed by atoms with Crippen molar-refractivity contribution in [2.24, 2.45) is 5.92 Å². The van der Waals surface area contributed by atoms with Crippen LogP contribution in [-0.4, -0.2) is 56.6 Å². The summed E-state index contributed by atoms with van der Waals surface area (Å²) < 4.78 is 10.1. The second-order valence-electron chi connectivity index (χ2n) is 4.46. The van der Waals surface area contributed by atoms with Crippen molar-refractivity contribution in [3.05, 3.63) is 0 Å². The third-order valence-corrected chi connectivity index (χ3v) is 2.46. The summed E-state index contributed by atoms with van der Waals surface area (Å²) in [7, 11) is 1.59. The van der Waals surface area contributed by atoms with E-state index in [1.54, 1.807) is 7.11 Å². The third kappa shape index (κ3) is 10.3. The molecular weight excluding hydrogens is 252 g/mol. The zero-order valence-corrected chi connectivity index (χ0v) is 11.8. The molecule has 0 aliphatic rings. The van der Waals surface area contributed by atoms with E-state index in [1.165, 1.54) is 0 Å². The van der Waals surface area contributed by atoms with Crippen LogP contribution < -0.4 is 10.6 Å². The summed E-state index contributed by atoms with van der Waals surface area (Å²) in [6, 6.07) is -0.324. The molecule has 0 aromatic heterocycles. The van der Waals surface area contributed by atoms with Gasteiger partial charge in [0.1, 0.15) is 0 Å². The predicted molar refractivity (Wildman–Crippen MR) is 70.1 cm³/mol. The van der Waals surface area contributed by atoms with E-state index in [2.05, 4.69) is 10.6 Å². The van der Waals surface area contributed by atoms with Crippen LogP contribution in [0.2, 0.25) is 0 Å². The first-order valence-electron chi connectivity index (χ1n) is 6.30. The van der Waals surface area contributed by atoms with Crippen molar-refractivity contribution in [2.75, 3.05) is 33.5 Å².